The molecule has 2 heterocycles. The van der Waals surface area contributed by atoms with E-state index < -0.39 is 10.8 Å². The summed E-state index contributed by atoms with van der Waals surface area (Å²) in [5.74, 6) is 0. The van der Waals surface area contributed by atoms with E-state index in [9.17, 15) is 0 Å². The van der Waals surface area contributed by atoms with Crippen molar-refractivity contribution in [2.75, 3.05) is 9.80 Å². The first-order valence-corrected chi connectivity index (χ1v) is 31.3. The van der Waals surface area contributed by atoms with E-state index in [-0.39, 0.29) is 0 Å². The molecule has 0 aliphatic carbocycles. The summed E-state index contributed by atoms with van der Waals surface area (Å²) < 4.78 is 0. The first-order valence-electron chi connectivity index (χ1n) is 31.3. The number of rotatable bonds is 10. The van der Waals surface area contributed by atoms with Crippen LogP contribution in [0.4, 0.5) is 34.1 Å². The minimum absolute atomic E-state index is 0.690. The lowest BCUT2D eigenvalue weighted by Gasteiger charge is -2.47. The van der Waals surface area contributed by atoms with E-state index in [1.54, 1.807) is 0 Å². The normalized spacial score (nSPS) is 13.5. The molecule has 17 rings (SSSR count). The fourth-order valence-electron chi connectivity index (χ4n) is 15.6. The SMILES string of the molecule is c1ccc(-c2ccccc2-c2c3cccc(-c4cccc5c4N(c4ccccc4)c4ccccc4C5(c4ccccc4)c4ccccc4)c3cc3c(-c4cccc5c4N(c4ccccc4)c4ccccc4C5(c4ccccc4)c4ccccc4)cccc23)cc1. The zero-order valence-corrected chi connectivity index (χ0v) is 49.5. The Hall–Kier alpha value is -11.6. The Balaban J connectivity index is 1.02. The lowest BCUT2D eigenvalue weighted by Crippen LogP contribution is -2.38. The maximum Gasteiger partial charge on any atom is 0.0742 e. The molecule has 0 radical (unpaired) electrons. The second-order valence-electron chi connectivity index (χ2n) is 23.7. The lowest BCUT2D eigenvalue weighted by molar-refractivity contribution is 0.731. The van der Waals surface area contributed by atoms with Crippen molar-refractivity contribution in [3.8, 4) is 44.5 Å². The minimum Gasteiger partial charge on any atom is -0.309 e. The summed E-state index contributed by atoms with van der Waals surface area (Å²) in [6.07, 6.45) is 0. The van der Waals surface area contributed by atoms with Crippen LogP contribution in [0.2, 0.25) is 0 Å². The highest BCUT2D eigenvalue weighted by molar-refractivity contribution is 6.21. The van der Waals surface area contributed by atoms with Crippen molar-refractivity contribution in [1.29, 1.82) is 0 Å². The fraction of sp³-hybridized carbons (Fsp3) is 0.0227. The third kappa shape index (κ3) is 7.98. The van der Waals surface area contributed by atoms with Crippen LogP contribution in [0.25, 0.3) is 66.1 Å². The van der Waals surface area contributed by atoms with Gasteiger partial charge in [-0.05, 0) is 142 Å². The Morgan fingerprint density at radius 1 is 0.200 bits per heavy atom. The van der Waals surface area contributed by atoms with Gasteiger partial charge < -0.3 is 9.80 Å². The summed E-state index contributed by atoms with van der Waals surface area (Å²) in [4.78, 5) is 5.08. The van der Waals surface area contributed by atoms with Gasteiger partial charge in [0.25, 0.3) is 0 Å². The molecule has 0 aromatic heterocycles. The maximum absolute atomic E-state index is 2.54. The van der Waals surface area contributed by atoms with Gasteiger partial charge in [0, 0.05) is 22.5 Å². The van der Waals surface area contributed by atoms with Crippen LogP contribution in [-0.4, -0.2) is 0 Å². The van der Waals surface area contributed by atoms with Crippen LogP contribution >= 0.6 is 0 Å². The molecule has 0 atom stereocenters. The summed E-state index contributed by atoms with van der Waals surface area (Å²) in [6, 6.07) is 136. The van der Waals surface area contributed by atoms with Gasteiger partial charge in [0.15, 0.2) is 0 Å². The predicted molar refractivity (Wildman–Crippen MR) is 376 cm³/mol. The Kier molecular flexibility index (Phi) is 12.7. The topological polar surface area (TPSA) is 6.48 Å². The van der Waals surface area contributed by atoms with Gasteiger partial charge in [-0.15, -0.1) is 0 Å². The highest BCUT2D eigenvalue weighted by Gasteiger charge is 2.49. The van der Waals surface area contributed by atoms with Crippen LogP contribution in [0.1, 0.15) is 44.5 Å². The van der Waals surface area contributed by atoms with Crippen molar-refractivity contribution in [2.45, 2.75) is 10.8 Å². The maximum atomic E-state index is 2.54. The van der Waals surface area contributed by atoms with Gasteiger partial charge in [-0.3, -0.25) is 0 Å². The first-order chi connectivity index (χ1) is 44.7. The third-order valence-electron chi connectivity index (χ3n) is 19.2. The number of hydrogen-bond acceptors (Lipinski definition) is 2. The predicted octanol–water partition coefficient (Wildman–Crippen LogP) is 23.0. The molecule has 0 saturated heterocycles. The molecule has 2 aliphatic rings. The quantitative estimate of drug-likeness (QED) is 0.126. The van der Waals surface area contributed by atoms with Gasteiger partial charge in [0.1, 0.15) is 0 Å². The first kappa shape index (κ1) is 52.7. The van der Waals surface area contributed by atoms with E-state index in [0.29, 0.717) is 0 Å². The summed E-state index contributed by atoms with van der Waals surface area (Å²) in [5, 5.41) is 4.69. The summed E-state index contributed by atoms with van der Waals surface area (Å²) in [6.45, 7) is 0. The van der Waals surface area contributed by atoms with Gasteiger partial charge in [-0.1, -0.05) is 322 Å². The molecule has 0 unspecified atom stereocenters. The zero-order valence-electron chi connectivity index (χ0n) is 49.5. The van der Waals surface area contributed by atoms with Crippen LogP contribution in [0.5, 0.6) is 0 Å². The monoisotopic (exact) mass is 1140 g/mol. The molecular formula is C88H60N2. The molecular weight excluding hydrogens is 1080 g/mol. The van der Waals surface area contributed by atoms with E-state index in [1.165, 1.54) is 88.3 Å². The van der Waals surface area contributed by atoms with E-state index in [2.05, 4.69) is 374 Å². The van der Waals surface area contributed by atoms with Crippen LogP contribution in [0.3, 0.4) is 0 Å². The largest absolute Gasteiger partial charge is 0.309 e. The number of anilines is 6. The molecule has 2 aliphatic heterocycles. The standard InChI is InChI=1S/C88H60N2/c1-8-32-61(33-9-1)68-46-22-23-47-71(68)84-72-50-28-48-69(74-52-30-56-80-85(74)89(66-42-18-6-19-43-66)82-58-26-24-54-78(82)87(80,62-34-10-2-11-35-62)63-36-12-3-13-37-63)76(72)60-77-70(49-29-51-73(77)84)75-53-31-57-81-86(75)90(67-44-20-7-21-45-67)83-59-27-25-55-79(83)88(81,64-38-14-4-15-39-64)65-40-16-5-17-41-65/h1-60H. The molecule has 15 aromatic carbocycles. The Bertz CT molecular complexity index is 4800. The molecule has 0 N–H and O–H groups in total. The second-order valence-corrected chi connectivity index (χ2v) is 23.7. The molecule has 90 heavy (non-hydrogen) atoms. The summed E-state index contributed by atoms with van der Waals surface area (Å²) in [5.41, 5.74) is 24.4. The van der Waals surface area contributed by atoms with Gasteiger partial charge in [-0.25, -0.2) is 0 Å². The molecule has 422 valence electrons. The van der Waals surface area contributed by atoms with Crippen LogP contribution in [0, 0.1) is 0 Å². The van der Waals surface area contributed by atoms with Crippen molar-refractivity contribution in [2.24, 2.45) is 0 Å². The molecule has 0 spiro atoms. The van der Waals surface area contributed by atoms with E-state index in [4.69, 9.17) is 0 Å². The Morgan fingerprint density at radius 2 is 0.500 bits per heavy atom. The summed E-state index contributed by atoms with van der Waals surface area (Å²) in [7, 11) is 0. The highest BCUT2D eigenvalue weighted by Crippen LogP contribution is 2.63. The van der Waals surface area contributed by atoms with Crippen LogP contribution in [0.15, 0.2) is 364 Å². The molecule has 0 amide bonds. The number of fused-ring (bicyclic) bond motifs is 6. The fourth-order valence-corrected chi connectivity index (χ4v) is 15.6. The molecule has 15 aromatic rings. The number of benzene rings is 15. The smallest absolute Gasteiger partial charge is 0.0742 e. The number of para-hydroxylation sites is 6. The van der Waals surface area contributed by atoms with Crippen molar-refractivity contribution in [1.82, 2.24) is 0 Å². The van der Waals surface area contributed by atoms with Crippen LogP contribution < -0.4 is 9.80 Å². The minimum atomic E-state index is -0.690. The van der Waals surface area contributed by atoms with Crippen molar-refractivity contribution in [3.63, 3.8) is 0 Å². The molecule has 0 bridgehead atoms. The average molecular weight is 1150 g/mol. The molecule has 0 saturated carbocycles. The third-order valence-corrected chi connectivity index (χ3v) is 19.2. The Labute approximate surface area is 526 Å². The van der Waals surface area contributed by atoms with Crippen molar-refractivity contribution >= 4 is 55.7 Å². The van der Waals surface area contributed by atoms with Crippen LogP contribution in [-0.2, 0) is 10.8 Å². The molecule has 2 heteroatoms. The van der Waals surface area contributed by atoms with Crippen molar-refractivity contribution < 1.29 is 0 Å². The zero-order chi connectivity index (χ0) is 59.6. The average Bonchev–Trinajstić information content (AvgIpc) is 0.701. The van der Waals surface area contributed by atoms with Crippen molar-refractivity contribution in [3.05, 3.63) is 408 Å². The van der Waals surface area contributed by atoms with E-state index in [1.807, 2.05) is 0 Å². The second kappa shape index (κ2) is 21.7. The van der Waals surface area contributed by atoms with Gasteiger partial charge >= 0.3 is 0 Å². The van der Waals surface area contributed by atoms with Gasteiger partial charge in [0.2, 0.25) is 0 Å². The van der Waals surface area contributed by atoms with E-state index >= 15 is 0 Å². The summed E-state index contributed by atoms with van der Waals surface area (Å²) >= 11 is 0. The highest BCUT2D eigenvalue weighted by atomic mass is 15.2. The number of nitrogens with zero attached hydrogens (tertiary/aromatic N) is 2. The van der Waals surface area contributed by atoms with Gasteiger partial charge in [-0.2, -0.15) is 0 Å². The lowest BCUT2D eigenvalue weighted by atomic mass is 9.62. The number of hydrogen-bond donors (Lipinski definition) is 0. The Morgan fingerprint density at radius 3 is 0.911 bits per heavy atom. The molecule has 2 nitrogen and oxygen atoms in total. The molecule has 0 fully saturated rings. The van der Waals surface area contributed by atoms with Gasteiger partial charge in [0.05, 0.1) is 33.6 Å². The van der Waals surface area contributed by atoms with E-state index in [0.717, 1.165) is 56.4 Å².